The molecule has 1 amide bonds. The van der Waals surface area contributed by atoms with Crippen LogP contribution in [-0.4, -0.2) is 49.7 Å². The van der Waals surface area contributed by atoms with Crippen molar-refractivity contribution in [3.63, 3.8) is 0 Å². The van der Waals surface area contributed by atoms with Gasteiger partial charge in [0, 0.05) is 43.2 Å². The fourth-order valence-electron chi connectivity index (χ4n) is 3.12. The molecule has 1 heterocycles. The van der Waals surface area contributed by atoms with Crippen molar-refractivity contribution in [1.29, 1.82) is 0 Å². The highest BCUT2D eigenvalue weighted by molar-refractivity contribution is 14.1. The number of carbonyl (C=O) groups excluding carboxylic acids is 1. The maximum absolute atomic E-state index is 12.9. The van der Waals surface area contributed by atoms with Crippen molar-refractivity contribution in [2.24, 2.45) is 0 Å². The Bertz CT molecular complexity index is 976. The third-order valence-electron chi connectivity index (χ3n) is 4.52. The van der Waals surface area contributed by atoms with Gasteiger partial charge in [-0.05, 0) is 58.5 Å². The number of halogens is 2. The molecule has 1 saturated heterocycles. The van der Waals surface area contributed by atoms with Gasteiger partial charge >= 0.3 is 0 Å². The molecule has 0 spiro atoms. The predicted octanol–water partition coefficient (Wildman–Crippen LogP) is 3.41. The summed E-state index contributed by atoms with van der Waals surface area (Å²) in [4.78, 5) is 13.6. The van der Waals surface area contributed by atoms with Gasteiger partial charge in [0.15, 0.2) is 0 Å². The molecule has 0 atom stereocenters. The van der Waals surface area contributed by atoms with Gasteiger partial charge in [-0.3, -0.25) is 9.69 Å². The lowest BCUT2D eigenvalue weighted by Gasteiger charge is -2.34. The molecule has 1 aliphatic rings. The van der Waals surface area contributed by atoms with Gasteiger partial charge in [-0.25, -0.2) is 8.42 Å². The van der Waals surface area contributed by atoms with Crippen LogP contribution in [0.15, 0.2) is 47.4 Å². The Morgan fingerprint density at radius 3 is 2.46 bits per heavy atom. The van der Waals surface area contributed by atoms with E-state index in [9.17, 15) is 13.2 Å². The quantitative estimate of drug-likeness (QED) is 0.598. The normalized spacial score (nSPS) is 16.1. The summed E-state index contributed by atoms with van der Waals surface area (Å²) in [6.45, 7) is 4.37. The fraction of sp³-hybridized carbons (Fsp3) is 0.316. The average Bonchev–Trinajstić information content (AvgIpc) is 2.63. The second-order valence-corrected chi connectivity index (χ2v) is 10.2. The van der Waals surface area contributed by atoms with E-state index in [0.29, 0.717) is 31.9 Å². The molecule has 1 N–H and O–H groups in total. The van der Waals surface area contributed by atoms with E-state index >= 15 is 0 Å². The molecule has 28 heavy (non-hydrogen) atoms. The van der Waals surface area contributed by atoms with Crippen molar-refractivity contribution < 1.29 is 13.2 Å². The van der Waals surface area contributed by atoms with Crippen LogP contribution in [0, 0.1) is 3.57 Å². The van der Waals surface area contributed by atoms with E-state index in [0.717, 1.165) is 6.54 Å². The fourth-order valence-corrected chi connectivity index (χ4v) is 5.47. The number of amides is 1. The van der Waals surface area contributed by atoms with Crippen molar-refractivity contribution in [1.82, 2.24) is 9.21 Å². The summed E-state index contributed by atoms with van der Waals surface area (Å²) in [6.07, 6.45) is 0. The van der Waals surface area contributed by atoms with Gasteiger partial charge in [0.2, 0.25) is 15.9 Å². The number of hydrogen-bond donors (Lipinski definition) is 1. The van der Waals surface area contributed by atoms with Crippen LogP contribution >= 0.6 is 34.2 Å². The highest BCUT2D eigenvalue weighted by Crippen LogP contribution is 2.27. The molecule has 1 fully saturated rings. The zero-order valence-corrected chi connectivity index (χ0v) is 19.1. The van der Waals surface area contributed by atoms with Crippen LogP contribution in [0.2, 0.25) is 5.02 Å². The lowest BCUT2D eigenvalue weighted by Crippen LogP contribution is -2.48. The topological polar surface area (TPSA) is 69.7 Å². The number of hydrogen-bond acceptors (Lipinski definition) is 4. The first-order valence-electron chi connectivity index (χ1n) is 8.80. The van der Waals surface area contributed by atoms with Gasteiger partial charge in [-0.15, -0.1) is 0 Å². The molecule has 6 nitrogen and oxygen atoms in total. The van der Waals surface area contributed by atoms with Gasteiger partial charge in [0.1, 0.15) is 0 Å². The Labute approximate surface area is 184 Å². The Morgan fingerprint density at radius 2 is 1.86 bits per heavy atom. The number of benzene rings is 2. The summed E-state index contributed by atoms with van der Waals surface area (Å²) in [5.41, 5.74) is 1.62. The second kappa shape index (κ2) is 9.08. The number of sulfonamides is 1. The molecule has 0 unspecified atom stereocenters. The Balaban J connectivity index is 1.66. The molecule has 2 aromatic carbocycles. The molecular weight excluding hydrogens is 513 g/mol. The lowest BCUT2D eigenvalue weighted by atomic mass is 10.2. The molecule has 0 aliphatic carbocycles. The molecule has 3 rings (SSSR count). The summed E-state index contributed by atoms with van der Waals surface area (Å²) < 4.78 is 28.6. The average molecular weight is 534 g/mol. The van der Waals surface area contributed by atoms with Crippen LogP contribution in [0.1, 0.15) is 12.5 Å². The van der Waals surface area contributed by atoms with Crippen molar-refractivity contribution >= 4 is 55.8 Å². The molecule has 0 bridgehead atoms. The SMILES string of the molecule is CC(=O)Nc1ccc(S(=O)(=O)N2CCN(Cc3cccc(I)c3)CC2)cc1Cl. The number of rotatable bonds is 5. The Morgan fingerprint density at radius 1 is 1.14 bits per heavy atom. The van der Waals surface area contributed by atoms with Gasteiger partial charge in [0.05, 0.1) is 15.6 Å². The number of carbonyl (C=O) groups is 1. The first kappa shape index (κ1) is 21.5. The van der Waals surface area contributed by atoms with Crippen LogP contribution in [0.4, 0.5) is 5.69 Å². The van der Waals surface area contributed by atoms with E-state index in [1.807, 2.05) is 6.07 Å². The van der Waals surface area contributed by atoms with Crippen LogP contribution in [-0.2, 0) is 21.4 Å². The van der Waals surface area contributed by atoms with Crippen LogP contribution in [0.3, 0.4) is 0 Å². The molecular formula is C19H21ClIN3O3S. The van der Waals surface area contributed by atoms with E-state index in [1.165, 1.54) is 38.6 Å². The van der Waals surface area contributed by atoms with Crippen molar-refractivity contribution in [3.8, 4) is 0 Å². The summed E-state index contributed by atoms with van der Waals surface area (Å²) in [6, 6.07) is 12.7. The van der Waals surface area contributed by atoms with Crippen molar-refractivity contribution in [2.75, 3.05) is 31.5 Å². The minimum atomic E-state index is -3.62. The summed E-state index contributed by atoms with van der Waals surface area (Å²) in [5, 5.41) is 2.78. The van der Waals surface area contributed by atoms with Gasteiger partial charge in [-0.2, -0.15) is 4.31 Å². The predicted molar refractivity (Wildman–Crippen MR) is 119 cm³/mol. The lowest BCUT2D eigenvalue weighted by molar-refractivity contribution is -0.114. The zero-order chi connectivity index (χ0) is 20.3. The third-order valence-corrected chi connectivity index (χ3v) is 7.39. The van der Waals surface area contributed by atoms with Crippen LogP contribution < -0.4 is 5.32 Å². The molecule has 1 aliphatic heterocycles. The van der Waals surface area contributed by atoms with E-state index < -0.39 is 10.0 Å². The standard InChI is InChI=1S/C19H21ClIN3O3S/c1-14(25)22-19-6-5-17(12-18(19)20)28(26,27)24-9-7-23(8-10-24)13-15-3-2-4-16(21)11-15/h2-6,11-12H,7-10,13H2,1H3,(H,22,25). The van der Waals surface area contributed by atoms with Gasteiger partial charge < -0.3 is 5.32 Å². The summed E-state index contributed by atoms with van der Waals surface area (Å²) in [7, 11) is -3.62. The smallest absolute Gasteiger partial charge is 0.243 e. The number of anilines is 1. The van der Waals surface area contributed by atoms with Gasteiger partial charge in [-0.1, -0.05) is 23.7 Å². The monoisotopic (exact) mass is 533 g/mol. The highest BCUT2D eigenvalue weighted by atomic mass is 127. The van der Waals surface area contributed by atoms with Crippen molar-refractivity contribution in [2.45, 2.75) is 18.4 Å². The molecule has 9 heteroatoms. The largest absolute Gasteiger partial charge is 0.325 e. The molecule has 2 aromatic rings. The van der Waals surface area contributed by atoms with E-state index in [-0.39, 0.29) is 15.8 Å². The third kappa shape index (κ3) is 5.24. The number of nitrogens with zero attached hydrogens (tertiary/aromatic N) is 2. The van der Waals surface area contributed by atoms with E-state index in [1.54, 1.807) is 0 Å². The highest BCUT2D eigenvalue weighted by Gasteiger charge is 2.29. The summed E-state index contributed by atoms with van der Waals surface area (Å²) >= 11 is 8.43. The van der Waals surface area contributed by atoms with Crippen LogP contribution in [0.5, 0.6) is 0 Å². The Kier molecular flexibility index (Phi) is 6.98. The molecule has 0 saturated carbocycles. The number of nitrogens with one attached hydrogen (secondary N) is 1. The maximum atomic E-state index is 12.9. The van der Waals surface area contributed by atoms with Gasteiger partial charge in [0.25, 0.3) is 0 Å². The van der Waals surface area contributed by atoms with Crippen LogP contribution in [0.25, 0.3) is 0 Å². The zero-order valence-electron chi connectivity index (χ0n) is 15.4. The molecule has 150 valence electrons. The maximum Gasteiger partial charge on any atom is 0.243 e. The minimum absolute atomic E-state index is 0.137. The van der Waals surface area contributed by atoms with E-state index in [2.05, 4.69) is 51.0 Å². The first-order valence-corrected chi connectivity index (χ1v) is 11.7. The first-order chi connectivity index (χ1) is 13.3. The number of piperazine rings is 1. The molecule has 0 aromatic heterocycles. The summed E-state index contributed by atoms with van der Waals surface area (Å²) in [5.74, 6) is -0.262. The van der Waals surface area contributed by atoms with E-state index in [4.69, 9.17) is 11.6 Å². The molecule has 0 radical (unpaired) electrons. The van der Waals surface area contributed by atoms with Crippen molar-refractivity contribution in [3.05, 3.63) is 56.6 Å². The second-order valence-electron chi connectivity index (χ2n) is 6.63. The Hall–Kier alpha value is -1.20. The minimum Gasteiger partial charge on any atom is -0.325 e.